The maximum absolute atomic E-state index is 12.9. The summed E-state index contributed by atoms with van der Waals surface area (Å²) in [6.07, 6.45) is 5.18. The van der Waals surface area contributed by atoms with E-state index in [1.807, 2.05) is 36.4 Å². The number of rotatable bonds is 20. The molecule has 0 aromatic heterocycles. The molecule has 234 valence electrons. The molecule has 0 bridgehead atoms. The molecule has 10 heteroatoms. The summed E-state index contributed by atoms with van der Waals surface area (Å²) in [5.41, 5.74) is 3.57. The third-order valence-corrected chi connectivity index (χ3v) is 8.92. The lowest BCUT2D eigenvalue weighted by Gasteiger charge is -2.14. The number of aromatic hydroxyl groups is 1. The fraction of sp³-hybridized carbons (Fsp3) is 0.455. The first kappa shape index (κ1) is 33.1. The number of nitrogens with one attached hydrogen (secondary N) is 2. The Morgan fingerprint density at radius 3 is 2.49 bits per heavy atom. The standard InChI is InChI=1S/C33H44N2O7S/c36-23-28-21-27(12-15-31(28)37)32(38)22-34-16-5-1-2-6-17-41-18-19-42-24-25-8-7-9-26(20-25)30-10-3-4-11-33(30)43(39,40)35-29-13-14-29/h3-4,7-12,15,20-21,29,32,34-38H,1-2,5-6,13-14,16-19,22-24H2/t32-/m0/s1. The number of ether oxygens (including phenoxy) is 2. The molecule has 0 unspecified atom stereocenters. The molecule has 0 amide bonds. The highest BCUT2D eigenvalue weighted by atomic mass is 32.2. The molecule has 0 aliphatic heterocycles. The van der Waals surface area contributed by atoms with Gasteiger partial charge in [-0.1, -0.05) is 55.3 Å². The van der Waals surface area contributed by atoms with Gasteiger partial charge in [0.15, 0.2) is 0 Å². The van der Waals surface area contributed by atoms with Crippen molar-refractivity contribution in [3.8, 4) is 16.9 Å². The smallest absolute Gasteiger partial charge is 0.241 e. The molecule has 1 atom stereocenters. The van der Waals surface area contributed by atoms with Crippen LogP contribution in [-0.2, 0) is 32.7 Å². The minimum absolute atomic E-state index is 0.0287. The van der Waals surface area contributed by atoms with Crippen LogP contribution in [0.4, 0.5) is 0 Å². The highest BCUT2D eigenvalue weighted by molar-refractivity contribution is 7.89. The molecule has 9 nitrogen and oxygen atoms in total. The lowest BCUT2D eigenvalue weighted by Crippen LogP contribution is -2.26. The van der Waals surface area contributed by atoms with Gasteiger partial charge in [0.2, 0.25) is 10.0 Å². The van der Waals surface area contributed by atoms with Gasteiger partial charge in [-0.05, 0) is 73.2 Å². The predicted molar refractivity (Wildman–Crippen MR) is 166 cm³/mol. The molecule has 43 heavy (non-hydrogen) atoms. The molecule has 0 saturated heterocycles. The van der Waals surface area contributed by atoms with E-state index in [-0.39, 0.29) is 18.4 Å². The molecular formula is C33H44N2O7S. The van der Waals surface area contributed by atoms with E-state index in [1.165, 1.54) is 6.07 Å². The van der Waals surface area contributed by atoms with Gasteiger partial charge < -0.3 is 30.1 Å². The third-order valence-electron chi connectivity index (χ3n) is 7.34. The first-order valence-corrected chi connectivity index (χ1v) is 16.5. The quantitative estimate of drug-likeness (QED) is 0.118. The van der Waals surface area contributed by atoms with Crippen LogP contribution in [0.15, 0.2) is 71.6 Å². The van der Waals surface area contributed by atoms with Crippen molar-refractivity contribution in [3.05, 3.63) is 83.4 Å². The normalized spacial score (nSPS) is 14.2. The topological polar surface area (TPSA) is 137 Å². The van der Waals surface area contributed by atoms with Crippen LogP contribution < -0.4 is 10.0 Å². The van der Waals surface area contributed by atoms with E-state index in [1.54, 1.807) is 24.3 Å². The Morgan fingerprint density at radius 2 is 1.67 bits per heavy atom. The number of hydrogen-bond acceptors (Lipinski definition) is 8. The van der Waals surface area contributed by atoms with Gasteiger partial charge in [0.1, 0.15) is 5.75 Å². The zero-order valence-electron chi connectivity index (χ0n) is 24.6. The zero-order chi connectivity index (χ0) is 30.5. The average Bonchev–Trinajstić information content (AvgIpc) is 3.83. The summed E-state index contributed by atoms with van der Waals surface area (Å²) in [5.74, 6) is 0.0287. The summed E-state index contributed by atoms with van der Waals surface area (Å²) in [5, 5.41) is 32.5. The molecule has 4 rings (SSSR count). The molecule has 0 radical (unpaired) electrons. The molecule has 0 heterocycles. The van der Waals surface area contributed by atoms with Gasteiger partial charge in [-0.25, -0.2) is 13.1 Å². The van der Waals surface area contributed by atoms with Crippen molar-refractivity contribution in [1.82, 2.24) is 10.0 Å². The number of aliphatic hydroxyl groups excluding tert-OH is 2. The Hall–Kier alpha value is -2.83. The van der Waals surface area contributed by atoms with Gasteiger partial charge >= 0.3 is 0 Å². The number of benzene rings is 3. The molecule has 3 aromatic rings. The van der Waals surface area contributed by atoms with E-state index in [9.17, 15) is 23.7 Å². The van der Waals surface area contributed by atoms with Crippen molar-refractivity contribution in [3.63, 3.8) is 0 Å². The molecule has 1 fully saturated rings. The van der Waals surface area contributed by atoms with Gasteiger partial charge in [-0.15, -0.1) is 0 Å². The van der Waals surface area contributed by atoms with Crippen LogP contribution in [0, 0.1) is 0 Å². The van der Waals surface area contributed by atoms with Crippen LogP contribution in [0.1, 0.15) is 61.3 Å². The molecule has 1 aliphatic carbocycles. The van der Waals surface area contributed by atoms with Crippen LogP contribution in [-0.4, -0.2) is 62.7 Å². The third kappa shape index (κ3) is 10.7. The van der Waals surface area contributed by atoms with Crippen molar-refractivity contribution in [1.29, 1.82) is 0 Å². The number of phenols is 1. The van der Waals surface area contributed by atoms with Gasteiger partial charge in [-0.2, -0.15) is 0 Å². The maximum Gasteiger partial charge on any atom is 0.241 e. The monoisotopic (exact) mass is 612 g/mol. The van der Waals surface area contributed by atoms with Crippen LogP contribution in [0.25, 0.3) is 11.1 Å². The molecule has 1 aliphatic rings. The van der Waals surface area contributed by atoms with Crippen molar-refractivity contribution >= 4 is 10.0 Å². The largest absolute Gasteiger partial charge is 0.508 e. The second-order valence-electron chi connectivity index (χ2n) is 10.9. The van der Waals surface area contributed by atoms with E-state index in [0.29, 0.717) is 54.6 Å². The van der Waals surface area contributed by atoms with Crippen LogP contribution in [0.5, 0.6) is 5.75 Å². The van der Waals surface area contributed by atoms with Crippen LogP contribution in [0.2, 0.25) is 0 Å². The summed E-state index contributed by atoms with van der Waals surface area (Å²) in [6, 6.07) is 19.7. The molecule has 5 N–H and O–H groups in total. The Kier molecular flexibility index (Phi) is 13.0. The first-order valence-electron chi connectivity index (χ1n) is 15.0. The lowest BCUT2D eigenvalue weighted by molar-refractivity contribution is 0.0393. The second kappa shape index (κ2) is 16.9. The van der Waals surface area contributed by atoms with Crippen molar-refractivity contribution in [2.75, 3.05) is 32.9 Å². The summed E-state index contributed by atoms with van der Waals surface area (Å²) in [7, 11) is -3.57. The Bertz CT molecular complexity index is 1400. The molecule has 3 aromatic carbocycles. The predicted octanol–water partition coefficient (Wildman–Crippen LogP) is 4.41. The number of hydrogen-bond donors (Lipinski definition) is 5. The zero-order valence-corrected chi connectivity index (χ0v) is 25.4. The van der Waals surface area contributed by atoms with E-state index < -0.39 is 16.1 Å². The minimum Gasteiger partial charge on any atom is -0.508 e. The summed E-state index contributed by atoms with van der Waals surface area (Å²) in [4.78, 5) is 0.298. The minimum atomic E-state index is -3.57. The van der Waals surface area contributed by atoms with Crippen molar-refractivity contribution < 1.29 is 33.2 Å². The van der Waals surface area contributed by atoms with Crippen LogP contribution >= 0.6 is 0 Å². The molecule has 1 saturated carbocycles. The van der Waals surface area contributed by atoms with E-state index in [2.05, 4.69) is 10.0 Å². The highest BCUT2D eigenvalue weighted by Gasteiger charge is 2.29. The summed E-state index contributed by atoms with van der Waals surface area (Å²) < 4.78 is 40.0. The fourth-order valence-electron chi connectivity index (χ4n) is 4.77. The van der Waals surface area contributed by atoms with Gasteiger partial charge in [0.25, 0.3) is 0 Å². The Balaban J connectivity index is 1.05. The highest BCUT2D eigenvalue weighted by Crippen LogP contribution is 2.30. The van der Waals surface area contributed by atoms with Gasteiger partial charge in [0, 0.05) is 30.3 Å². The van der Waals surface area contributed by atoms with Crippen LogP contribution in [0.3, 0.4) is 0 Å². The Morgan fingerprint density at radius 1 is 0.884 bits per heavy atom. The average molecular weight is 613 g/mol. The lowest BCUT2D eigenvalue weighted by atomic mass is 10.0. The summed E-state index contributed by atoms with van der Waals surface area (Å²) in [6.45, 7) is 3.04. The molecule has 0 spiro atoms. The number of aliphatic hydroxyl groups is 2. The SMILES string of the molecule is O=S(=O)(NC1CC1)c1ccccc1-c1cccc(COCCOCCCCCCNC[C@H](O)c2ccc(O)c(CO)c2)c1. The van der Waals surface area contributed by atoms with Gasteiger partial charge in [-0.3, -0.25) is 0 Å². The van der Waals surface area contributed by atoms with E-state index >= 15 is 0 Å². The molecular weight excluding hydrogens is 568 g/mol. The van der Waals surface area contributed by atoms with E-state index in [0.717, 1.165) is 56.2 Å². The van der Waals surface area contributed by atoms with Crippen molar-refractivity contribution in [2.45, 2.75) is 68.8 Å². The second-order valence-corrected chi connectivity index (χ2v) is 12.6. The van der Waals surface area contributed by atoms with Gasteiger partial charge in [0.05, 0.1) is 37.4 Å². The fourth-order valence-corrected chi connectivity index (χ4v) is 6.30. The number of unbranched alkanes of at least 4 members (excludes halogenated alkanes) is 3. The Labute approximate surface area is 254 Å². The maximum atomic E-state index is 12.9. The summed E-state index contributed by atoms with van der Waals surface area (Å²) >= 11 is 0. The number of sulfonamides is 1. The van der Waals surface area contributed by atoms with Crippen molar-refractivity contribution in [2.24, 2.45) is 0 Å². The van der Waals surface area contributed by atoms with E-state index in [4.69, 9.17) is 9.47 Å². The first-order chi connectivity index (χ1) is 20.9.